The minimum atomic E-state index is -2.55. The van der Waals surface area contributed by atoms with Crippen molar-refractivity contribution in [3.05, 3.63) is 104 Å². The lowest BCUT2D eigenvalue weighted by Gasteiger charge is -2.34. The van der Waals surface area contributed by atoms with Crippen LogP contribution in [0.1, 0.15) is 82.8 Å². The van der Waals surface area contributed by atoms with Crippen LogP contribution in [0.4, 0.5) is 11.9 Å². The van der Waals surface area contributed by atoms with Crippen LogP contribution in [0.15, 0.2) is 58.1 Å². The molecular formula is C46H45N13O4. The molecule has 7 aromatic rings. The fourth-order valence-corrected chi connectivity index (χ4v) is 8.63. The van der Waals surface area contributed by atoms with E-state index in [2.05, 4.69) is 48.9 Å². The average molecular weight is 847 g/mol. The number of benzene rings is 2. The van der Waals surface area contributed by atoms with Crippen LogP contribution in [0.3, 0.4) is 0 Å². The van der Waals surface area contributed by atoms with E-state index in [1.807, 2.05) is 67.3 Å². The fourth-order valence-electron chi connectivity index (χ4n) is 8.63. The first-order valence-corrected chi connectivity index (χ1v) is 20.6. The monoisotopic (exact) mass is 846 g/mol. The molecule has 17 nitrogen and oxygen atoms in total. The lowest BCUT2D eigenvalue weighted by molar-refractivity contribution is -0.131. The number of para-hydroxylation sites is 2. The molecule has 2 atom stereocenters. The molecule has 0 spiro atoms. The molecule has 0 radical (unpaired) electrons. The van der Waals surface area contributed by atoms with E-state index < -0.39 is 35.8 Å². The number of aryl methyl sites for hydroxylation is 3. The van der Waals surface area contributed by atoms with Crippen molar-refractivity contribution in [3.8, 4) is 23.7 Å². The molecule has 2 amide bonds. The van der Waals surface area contributed by atoms with Gasteiger partial charge in [0.25, 0.3) is 11.5 Å². The molecule has 63 heavy (non-hydrogen) atoms. The molecule has 2 aliphatic rings. The SMILES string of the molecule is [2H]C([2H])([2H])C#CCn1c(N2CCC[C@@H](Nc3nc4c(n3CC#CC)C(=O)N(Cc3nc(C)c5ccccc5n3)C(=O)C4C)C2)nc2c1c(=O)n(Cc1nc(C)c3ccccc3n1)c(=O)n2C. The second-order valence-electron chi connectivity index (χ2n) is 15.8. The maximum absolute atomic E-state index is 14.5. The van der Waals surface area contributed by atoms with Crippen LogP contribution in [-0.2, 0) is 38.0 Å². The number of amides is 2. The van der Waals surface area contributed by atoms with E-state index in [-0.39, 0.29) is 54.9 Å². The third kappa shape index (κ3) is 7.15. The highest BCUT2D eigenvalue weighted by atomic mass is 16.2. The van der Waals surface area contributed by atoms with Gasteiger partial charge in [0, 0.05) is 52.5 Å². The molecule has 9 rings (SSSR count). The average Bonchev–Trinajstić information content (AvgIpc) is 3.85. The van der Waals surface area contributed by atoms with E-state index in [1.54, 1.807) is 23.0 Å². The van der Waals surface area contributed by atoms with E-state index in [0.29, 0.717) is 66.1 Å². The van der Waals surface area contributed by atoms with Gasteiger partial charge in [-0.25, -0.2) is 29.7 Å². The van der Waals surface area contributed by atoms with Crippen molar-refractivity contribution in [1.29, 1.82) is 0 Å². The molecule has 318 valence electrons. The third-order valence-corrected chi connectivity index (χ3v) is 11.8. The Hall–Kier alpha value is -7.66. The third-order valence-electron chi connectivity index (χ3n) is 11.8. The van der Waals surface area contributed by atoms with Crippen LogP contribution in [0.5, 0.6) is 0 Å². The Labute approximate surface area is 366 Å². The Balaban J connectivity index is 1.05. The lowest BCUT2D eigenvalue weighted by Crippen LogP contribution is -2.45. The first-order valence-electron chi connectivity index (χ1n) is 22.1. The first kappa shape index (κ1) is 37.1. The van der Waals surface area contributed by atoms with Gasteiger partial charge in [-0.05, 0) is 59.5 Å². The number of fused-ring (bicyclic) bond motifs is 4. The molecule has 0 bridgehead atoms. The zero-order chi connectivity index (χ0) is 46.6. The molecular weight excluding hydrogens is 799 g/mol. The molecule has 0 aliphatic carbocycles. The van der Waals surface area contributed by atoms with Gasteiger partial charge in [0.05, 0.1) is 48.8 Å². The van der Waals surface area contributed by atoms with Crippen molar-refractivity contribution in [2.75, 3.05) is 23.3 Å². The van der Waals surface area contributed by atoms with E-state index >= 15 is 0 Å². The van der Waals surface area contributed by atoms with Gasteiger partial charge in [-0.3, -0.25) is 37.6 Å². The molecule has 1 N–H and O–H groups in total. The van der Waals surface area contributed by atoms with Gasteiger partial charge in [0.1, 0.15) is 17.3 Å². The predicted molar refractivity (Wildman–Crippen MR) is 238 cm³/mol. The number of hydrogen-bond acceptors (Lipinski definition) is 12. The number of piperidine rings is 1. The van der Waals surface area contributed by atoms with Gasteiger partial charge in [-0.15, -0.1) is 11.8 Å². The number of rotatable bonds is 9. The first-order chi connectivity index (χ1) is 31.6. The maximum atomic E-state index is 14.5. The number of nitrogens with zero attached hydrogens (tertiary/aromatic N) is 12. The number of hydrogen-bond donors (Lipinski definition) is 1. The minimum Gasteiger partial charge on any atom is -0.351 e. The summed E-state index contributed by atoms with van der Waals surface area (Å²) in [5, 5.41) is 5.26. The Morgan fingerprint density at radius 1 is 0.810 bits per heavy atom. The smallest absolute Gasteiger partial charge is 0.332 e. The summed E-state index contributed by atoms with van der Waals surface area (Å²) in [7, 11) is 1.52. The summed E-state index contributed by atoms with van der Waals surface area (Å²) >= 11 is 0. The molecule has 2 aromatic carbocycles. The van der Waals surface area contributed by atoms with Gasteiger partial charge in [-0.2, -0.15) is 4.98 Å². The fraction of sp³-hybridized carbons (Fsp3) is 0.348. The van der Waals surface area contributed by atoms with Crippen molar-refractivity contribution in [1.82, 2.24) is 53.1 Å². The van der Waals surface area contributed by atoms with Gasteiger partial charge in [0.2, 0.25) is 17.8 Å². The maximum Gasteiger partial charge on any atom is 0.332 e. The predicted octanol–water partition coefficient (Wildman–Crippen LogP) is 4.06. The summed E-state index contributed by atoms with van der Waals surface area (Å²) in [5.74, 6) is 10.5. The summed E-state index contributed by atoms with van der Waals surface area (Å²) in [6.45, 7) is 4.97. The van der Waals surface area contributed by atoms with E-state index in [1.165, 1.54) is 16.5 Å². The summed E-state index contributed by atoms with van der Waals surface area (Å²) in [4.78, 5) is 88.0. The summed E-state index contributed by atoms with van der Waals surface area (Å²) in [6, 6.07) is 14.7. The number of imidazole rings is 2. The number of imide groups is 1. The number of carbonyl (C=O) groups excluding carboxylic acids is 2. The number of aromatic nitrogens is 10. The summed E-state index contributed by atoms with van der Waals surface area (Å²) in [5.41, 5.74) is 2.28. The Kier molecular flexibility index (Phi) is 9.62. The molecule has 2 aliphatic heterocycles. The second kappa shape index (κ2) is 16.3. The van der Waals surface area contributed by atoms with Crippen molar-refractivity contribution >= 4 is 56.7 Å². The van der Waals surface area contributed by atoms with E-state index in [9.17, 15) is 19.2 Å². The van der Waals surface area contributed by atoms with E-state index in [0.717, 1.165) is 21.0 Å². The molecule has 7 heterocycles. The van der Waals surface area contributed by atoms with Crippen LogP contribution in [-0.4, -0.2) is 84.0 Å². The molecule has 5 aromatic heterocycles. The topological polar surface area (TPSA) is 184 Å². The summed E-state index contributed by atoms with van der Waals surface area (Å²) < 4.78 is 28.7. The standard InChI is InChI=1S/C46H45N13O4/c1-7-9-22-56-38-37(27(3)41(60)58(42(38)61)25-35-47-28(4)31-17-11-13-19-33(31)50-35)52-44(56)49-30-16-15-21-55(24-30)45-53-40-39(57(45)23-10-8-2)43(62)59(46(63)54(40)6)26-36-48-29(5)32-18-12-14-20-34(32)51-36/h11-14,17-20,27,30H,15-16,21-26H2,1-6H3,(H,49,52)/t27?,30-/m1/s1/i2D3. The second-order valence-corrected chi connectivity index (χ2v) is 15.8. The van der Waals surface area contributed by atoms with Crippen LogP contribution >= 0.6 is 0 Å². The van der Waals surface area contributed by atoms with Gasteiger partial charge < -0.3 is 10.2 Å². The normalized spacial score (nSPS) is 17.2. The number of nitrogens with one attached hydrogen (secondary N) is 1. The van der Waals surface area contributed by atoms with Crippen LogP contribution in [0.2, 0.25) is 0 Å². The molecule has 17 heteroatoms. The van der Waals surface area contributed by atoms with Gasteiger partial charge in [-0.1, -0.05) is 48.2 Å². The Bertz CT molecular complexity index is 3400. The highest BCUT2D eigenvalue weighted by Gasteiger charge is 2.42. The highest BCUT2D eigenvalue weighted by Crippen LogP contribution is 2.33. The number of carbonyl (C=O) groups is 2. The van der Waals surface area contributed by atoms with Crippen LogP contribution < -0.4 is 21.5 Å². The Morgan fingerprint density at radius 2 is 1.46 bits per heavy atom. The molecule has 1 unspecified atom stereocenters. The zero-order valence-electron chi connectivity index (χ0n) is 38.4. The Morgan fingerprint density at radius 3 is 2.14 bits per heavy atom. The van der Waals surface area contributed by atoms with Crippen molar-refractivity contribution in [2.45, 2.75) is 85.5 Å². The zero-order valence-corrected chi connectivity index (χ0v) is 35.4. The van der Waals surface area contributed by atoms with Crippen molar-refractivity contribution in [2.24, 2.45) is 7.05 Å². The minimum absolute atomic E-state index is 0.0619. The largest absolute Gasteiger partial charge is 0.351 e. The van der Waals surface area contributed by atoms with E-state index in [4.69, 9.17) is 14.1 Å². The van der Waals surface area contributed by atoms with Gasteiger partial charge in [0.15, 0.2) is 11.2 Å². The lowest BCUT2D eigenvalue weighted by atomic mass is 9.99. The van der Waals surface area contributed by atoms with Gasteiger partial charge >= 0.3 is 5.69 Å². The van der Waals surface area contributed by atoms with Crippen molar-refractivity contribution in [3.63, 3.8) is 0 Å². The molecule has 1 saturated heterocycles. The van der Waals surface area contributed by atoms with Crippen molar-refractivity contribution < 1.29 is 13.7 Å². The summed E-state index contributed by atoms with van der Waals surface area (Å²) in [6.07, 6.45) is 1.34. The highest BCUT2D eigenvalue weighted by molar-refractivity contribution is 6.10. The molecule has 1 fully saturated rings. The van der Waals surface area contributed by atoms with Crippen LogP contribution in [0.25, 0.3) is 33.0 Å². The molecule has 0 saturated carbocycles. The quantitative estimate of drug-likeness (QED) is 0.163. The van der Waals surface area contributed by atoms with Crippen LogP contribution in [0, 0.1) is 37.5 Å². The number of anilines is 2.